The lowest BCUT2D eigenvalue weighted by Crippen LogP contribution is -2.37. The summed E-state index contributed by atoms with van der Waals surface area (Å²) in [4.78, 5) is 2.02. The molecule has 1 aromatic rings. The summed E-state index contributed by atoms with van der Waals surface area (Å²) >= 11 is 0. The van der Waals surface area contributed by atoms with Crippen LogP contribution in [0.5, 0.6) is 0 Å². The molecule has 1 fully saturated rings. The smallest absolute Gasteiger partial charge is 0.146 e. The van der Waals surface area contributed by atoms with E-state index in [0.717, 1.165) is 18.7 Å². The number of anilines is 1. The van der Waals surface area contributed by atoms with Crippen LogP contribution in [0.25, 0.3) is 0 Å². The first kappa shape index (κ1) is 13.3. The Kier molecular flexibility index (Phi) is 3.88. The van der Waals surface area contributed by atoms with Crippen molar-refractivity contribution in [1.29, 1.82) is 0 Å². The van der Waals surface area contributed by atoms with Gasteiger partial charge in [-0.05, 0) is 38.0 Å². The van der Waals surface area contributed by atoms with E-state index < -0.39 is 0 Å². The number of morpholine rings is 1. The average Bonchev–Trinajstić information content (AvgIpc) is 2.28. The second-order valence-electron chi connectivity index (χ2n) is 5.55. The average molecular weight is 252 g/mol. The molecule has 0 saturated carbocycles. The Morgan fingerprint density at radius 2 is 2.00 bits per heavy atom. The summed E-state index contributed by atoms with van der Waals surface area (Å²) in [5.74, 6) is -0.168. The lowest BCUT2D eigenvalue weighted by molar-refractivity contribution is 0.122. The van der Waals surface area contributed by atoms with Crippen LogP contribution in [0.2, 0.25) is 0 Å². The van der Waals surface area contributed by atoms with Crippen molar-refractivity contribution in [3.63, 3.8) is 0 Å². The fourth-order valence-corrected chi connectivity index (χ4v) is 2.25. The highest BCUT2D eigenvalue weighted by molar-refractivity contribution is 5.49. The largest absolute Gasteiger partial charge is 0.378 e. The molecule has 1 saturated heterocycles. The highest BCUT2D eigenvalue weighted by Crippen LogP contribution is 2.23. The first-order valence-electron chi connectivity index (χ1n) is 6.36. The Balaban J connectivity index is 2.14. The Morgan fingerprint density at radius 1 is 1.33 bits per heavy atom. The maximum absolute atomic E-state index is 14.1. The summed E-state index contributed by atoms with van der Waals surface area (Å²) in [6, 6.07) is 5.41. The van der Waals surface area contributed by atoms with Gasteiger partial charge in [0.25, 0.3) is 0 Å². The monoisotopic (exact) mass is 252 g/mol. The first-order valence-corrected chi connectivity index (χ1v) is 6.36. The standard InChI is InChI=1S/C14H21FN2O/c1-14(2,16)10-11-3-4-13(12(15)9-11)17-5-7-18-8-6-17/h3-4,9H,5-8,10,16H2,1-2H3. The second kappa shape index (κ2) is 5.24. The van der Waals surface area contributed by atoms with E-state index in [4.69, 9.17) is 10.5 Å². The molecule has 0 aromatic heterocycles. The van der Waals surface area contributed by atoms with Gasteiger partial charge in [-0.25, -0.2) is 4.39 Å². The molecule has 0 radical (unpaired) electrons. The van der Waals surface area contributed by atoms with Crippen molar-refractivity contribution in [3.8, 4) is 0 Å². The summed E-state index contributed by atoms with van der Waals surface area (Å²) in [5.41, 5.74) is 7.24. The molecule has 2 rings (SSSR count). The Bertz CT molecular complexity index is 409. The number of hydrogen-bond acceptors (Lipinski definition) is 3. The van der Waals surface area contributed by atoms with Gasteiger partial charge in [0, 0.05) is 18.6 Å². The molecule has 0 amide bonds. The van der Waals surface area contributed by atoms with Crippen LogP contribution in [-0.4, -0.2) is 31.8 Å². The molecule has 0 aliphatic carbocycles. The van der Waals surface area contributed by atoms with Crippen molar-refractivity contribution in [2.45, 2.75) is 25.8 Å². The maximum Gasteiger partial charge on any atom is 0.146 e. The van der Waals surface area contributed by atoms with Gasteiger partial charge in [0.1, 0.15) is 5.82 Å². The Hall–Kier alpha value is -1.13. The normalized spacial score (nSPS) is 17.0. The van der Waals surface area contributed by atoms with E-state index in [-0.39, 0.29) is 11.4 Å². The van der Waals surface area contributed by atoms with E-state index in [9.17, 15) is 4.39 Å². The number of halogens is 1. The van der Waals surface area contributed by atoms with Crippen LogP contribution >= 0.6 is 0 Å². The van der Waals surface area contributed by atoms with Crippen molar-refractivity contribution in [3.05, 3.63) is 29.6 Å². The lowest BCUT2D eigenvalue weighted by Gasteiger charge is -2.29. The van der Waals surface area contributed by atoms with Gasteiger partial charge in [0.2, 0.25) is 0 Å². The van der Waals surface area contributed by atoms with E-state index in [0.29, 0.717) is 25.3 Å². The van der Waals surface area contributed by atoms with Crippen LogP contribution < -0.4 is 10.6 Å². The molecular weight excluding hydrogens is 231 g/mol. The van der Waals surface area contributed by atoms with Crippen molar-refractivity contribution in [1.82, 2.24) is 0 Å². The van der Waals surface area contributed by atoms with Crippen LogP contribution in [0.4, 0.5) is 10.1 Å². The molecule has 1 aromatic carbocycles. The van der Waals surface area contributed by atoms with E-state index in [1.54, 1.807) is 6.07 Å². The predicted octanol–water partition coefficient (Wildman–Crippen LogP) is 1.94. The van der Waals surface area contributed by atoms with Gasteiger partial charge in [0.05, 0.1) is 18.9 Å². The number of hydrogen-bond donors (Lipinski definition) is 1. The molecule has 1 aliphatic rings. The van der Waals surface area contributed by atoms with Crippen LogP contribution in [0, 0.1) is 5.82 Å². The topological polar surface area (TPSA) is 38.5 Å². The van der Waals surface area contributed by atoms with Crippen LogP contribution in [0.3, 0.4) is 0 Å². The van der Waals surface area contributed by atoms with Gasteiger partial charge in [0.15, 0.2) is 0 Å². The van der Waals surface area contributed by atoms with E-state index >= 15 is 0 Å². The maximum atomic E-state index is 14.1. The quantitative estimate of drug-likeness (QED) is 0.893. The van der Waals surface area contributed by atoms with Gasteiger partial charge in [-0.15, -0.1) is 0 Å². The van der Waals surface area contributed by atoms with Gasteiger partial charge in [-0.3, -0.25) is 0 Å². The third-order valence-corrected chi connectivity index (χ3v) is 3.02. The number of nitrogens with zero attached hydrogens (tertiary/aromatic N) is 1. The minimum Gasteiger partial charge on any atom is -0.378 e. The molecule has 0 unspecified atom stereocenters. The van der Waals surface area contributed by atoms with Crippen molar-refractivity contribution >= 4 is 5.69 Å². The molecule has 0 spiro atoms. The van der Waals surface area contributed by atoms with Crippen molar-refractivity contribution < 1.29 is 9.13 Å². The minimum absolute atomic E-state index is 0.168. The Morgan fingerprint density at radius 3 is 2.56 bits per heavy atom. The molecular formula is C14H21FN2O. The number of nitrogens with two attached hydrogens (primary N) is 1. The highest BCUT2D eigenvalue weighted by atomic mass is 19.1. The third kappa shape index (κ3) is 3.43. The zero-order valence-corrected chi connectivity index (χ0v) is 11.1. The number of rotatable bonds is 3. The van der Waals surface area contributed by atoms with E-state index in [1.165, 1.54) is 0 Å². The van der Waals surface area contributed by atoms with E-state index in [2.05, 4.69) is 0 Å². The third-order valence-electron chi connectivity index (χ3n) is 3.02. The molecule has 100 valence electrons. The number of benzene rings is 1. The minimum atomic E-state index is -0.313. The summed E-state index contributed by atoms with van der Waals surface area (Å²) in [6.07, 6.45) is 0.674. The van der Waals surface area contributed by atoms with Gasteiger partial charge in [-0.2, -0.15) is 0 Å². The molecule has 0 atom stereocenters. The molecule has 4 heteroatoms. The summed E-state index contributed by atoms with van der Waals surface area (Å²) < 4.78 is 19.4. The molecule has 3 nitrogen and oxygen atoms in total. The Labute approximate surface area is 108 Å². The molecule has 18 heavy (non-hydrogen) atoms. The summed E-state index contributed by atoms with van der Waals surface area (Å²) in [6.45, 7) is 6.72. The van der Waals surface area contributed by atoms with Gasteiger partial charge in [-0.1, -0.05) is 6.07 Å². The zero-order valence-electron chi connectivity index (χ0n) is 11.1. The van der Waals surface area contributed by atoms with Crippen molar-refractivity contribution in [2.75, 3.05) is 31.2 Å². The van der Waals surface area contributed by atoms with Crippen LogP contribution in [-0.2, 0) is 11.2 Å². The van der Waals surface area contributed by atoms with Crippen molar-refractivity contribution in [2.24, 2.45) is 5.73 Å². The highest BCUT2D eigenvalue weighted by Gasteiger charge is 2.17. The SMILES string of the molecule is CC(C)(N)Cc1ccc(N2CCOCC2)c(F)c1. The number of ether oxygens (including phenoxy) is 1. The van der Waals surface area contributed by atoms with Gasteiger partial charge >= 0.3 is 0 Å². The molecule has 1 aliphatic heterocycles. The first-order chi connectivity index (χ1) is 8.46. The van der Waals surface area contributed by atoms with Crippen LogP contribution in [0.15, 0.2) is 18.2 Å². The second-order valence-corrected chi connectivity index (χ2v) is 5.55. The summed E-state index contributed by atoms with van der Waals surface area (Å²) in [7, 11) is 0. The summed E-state index contributed by atoms with van der Waals surface area (Å²) in [5, 5.41) is 0. The zero-order chi connectivity index (χ0) is 13.2. The fraction of sp³-hybridized carbons (Fsp3) is 0.571. The molecule has 1 heterocycles. The van der Waals surface area contributed by atoms with E-state index in [1.807, 2.05) is 30.9 Å². The predicted molar refractivity (Wildman–Crippen MR) is 71.4 cm³/mol. The van der Waals surface area contributed by atoms with Gasteiger partial charge < -0.3 is 15.4 Å². The van der Waals surface area contributed by atoms with Crippen LogP contribution in [0.1, 0.15) is 19.4 Å². The fourth-order valence-electron chi connectivity index (χ4n) is 2.25. The molecule has 0 bridgehead atoms. The molecule has 2 N–H and O–H groups in total. The lowest BCUT2D eigenvalue weighted by atomic mass is 9.96.